The molecule has 1 aliphatic rings. The van der Waals surface area contributed by atoms with Crippen molar-refractivity contribution < 1.29 is 4.79 Å². The summed E-state index contributed by atoms with van der Waals surface area (Å²) in [7, 11) is 1.83. The Labute approximate surface area is 140 Å². The highest BCUT2D eigenvalue weighted by molar-refractivity contribution is 7.99. The molecule has 5 nitrogen and oxygen atoms in total. The summed E-state index contributed by atoms with van der Waals surface area (Å²) in [6, 6.07) is 5.85. The molecule has 1 saturated carbocycles. The zero-order valence-corrected chi connectivity index (χ0v) is 14.3. The number of carbonyl (C=O) groups is 1. The van der Waals surface area contributed by atoms with Crippen LogP contribution in [0.3, 0.4) is 0 Å². The van der Waals surface area contributed by atoms with E-state index < -0.39 is 0 Å². The van der Waals surface area contributed by atoms with Crippen molar-refractivity contribution in [1.29, 1.82) is 0 Å². The van der Waals surface area contributed by atoms with Crippen LogP contribution in [0.25, 0.3) is 10.9 Å². The number of rotatable bonds is 4. The van der Waals surface area contributed by atoms with Gasteiger partial charge in [-0.1, -0.05) is 12.8 Å². The quantitative estimate of drug-likeness (QED) is 0.902. The smallest absolute Gasteiger partial charge is 0.251 e. The summed E-state index contributed by atoms with van der Waals surface area (Å²) >= 11 is 1.85. The van der Waals surface area contributed by atoms with Gasteiger partial charge < -0.3 is 10.6 Å². The summed E-state index contributed by atoms with van der Waals surface area (Å²) in [5.41, 5.74) is 1.44. The van der Waals surface area contributed by atoms with Crippen LogP contribution in [0, 0.1) is 0 Å². The molecule has 2 atom stereocenters. The fraction of sp³-hybridized carbons (Fsp3) is 0.471. The Balaban J connectivity index is 1.80. The summed E-state index contributed by atoms with van der Waals surface area (Å²) in [4.78, 5) is 21.1. The fourth-order valence-corrected chi connectivity index (χ4v) is 4.13. The van der Waals surface area contributed by atoms with Crippen molar-refractivity contribution in [2.24, 2.45) is 0 Å². The van der Waals surface area contributed by atoms with Gasteiger partial charge in [0.05, 0.1) is 5.52 Å². The van der Waals surface area contributed by atoms with Crippen molar-refractivity contribution in [1.82, 2.24) is 15.3 Å². The Morgan fingerprint density at radius 2 is 2.09 bits per heavy atom. The van der Waals surface area contributed by atoms with Crippen molar-refractivity contribution in [3.63, 3.8) is 0 Å². The lowest BCUT2D eigenvalue weighted by Crippen LogP contribution is -2.43. The number of aromatic nitrogens is 2. The van der Waals surface area contributed by atoms with Gasteiger partial charge in [0, 0.05) is 29.3 Å². The summed E-state index contributed by atoms with van der Waals surface area (Å²) in [5.74, 6) is 0.763. The summed E-state index contributed by atoms with van der Waals surface area (Å²) in [6.45, 7) is 0. The topological polar surface area (TPSA) is 66.9 Å². The Morgan fingerprint density at radius 3 is 2.87 bits per heavy atom. The molecule has 122 valence electrons. The highest BCUT2D eigenvalue weighted by atomic mass is 32.2. The minimum atomic E-state index is -0.0116. The highest BCUT2D eigenvalue weighted by Crippen LogP contribution is 2.27. The molecule has 1 heterocycles. The van der Waals surface area contributed by atoms with Crippen LogP contribution in [0.2, 0.25) is 0 Å². The second-order valence-corrected chi connectivity index (χ2v) is 6.92. The number of fused-ring (bicyclic) bond motifs is 1. The molecular weight excluding hydrogens is 308 g/mol. The van der Waals surface area contributed by atoms with E-state index in [1.54, 1.807) is 0 Å². The number of amides is 1. The van der Waals surface area contributed by atoms with Gasteiger partial charge in [0.1, 0.15) is 12.1 Å². The summed E-state index contributed by atoms with van der Waals surface area (Å²) in [6.07, 6.45) is 8.34. The Kier molecular flexibility index (Phi) is 5.00. The van der Waals surface area contributed by atoms with E-state index >= 15 is 0 Å². The predicted molar refractivity (Wildman–Crippen MR) is 96.1 cm³/mol. The molecule has 1 fully saturated rings. The first-order valence-electron chi connectivity index (χ1n) is 7.99. The molecule has 0 aliphatic heterocycles. The summed E-state index contributed by atoms with van der Waals surface area (Å²) < 4.78 is 0. The molecule has 3 rings (SSSR count). The molecule has 1 aromatic heterocycles. The van der Waals surface area contributed by atoms with Crippen molar-refractivity contribution in [3.05, 3.63) is 30.1 Å². The molecule has 0 spiro atoms. The molecule has 23 heavy (non-hydrogen) atoms. The van der Waals surface area contributed by atoms with Crippen molar-refractivity contribution in [2.75, 3.05) is 18.6 Å². The van der Waals surface area contributed by atoms with E-state index in [0.29, 0.717) is 10.8 Å². The van der Waals surface area contributed by atoms with Crippen LogP contribution < -0.4 is 10.6 Å². The highest BCUT2D eigenvalue weighted by Gasteiger charge is 2.26. The Morgan fingerprint density at radius 1 is 1.26 bits per heavy atom. The van der Waals surface area contributed by atoms with E-state index in [0.717, 1.165) is 23.1 Å². The first-order valence-corrected chi connectivity index (χ1v) is 9.28. The zero-order valence-electron chi connectivity index (χ0n) is 13.5. The maximum Gasteiger partial charge on any atom is 0.251 e. The minimum Gasteiger partial charge on any atom is -0.373 e. The van der Waals surface area contributed by atoms with Crippen LogP contribution in [0.15, 0.2) is 24.5 Å². The predicted octanol–water partition coefficient (Wildman–Crippen LogP) is 3.08. The van der Waals surface area contributed by atoms with Gasteiger partial charge in [-0.05, 0) is 37.3 Å². The van der Waals surface area contributed by atoms with Crippen molar-refractivity contribution in [3.8, 4) is 0 Å². The number of nitrogens with one attached hydrogen (secondary N) is 2. The van der Waals surface area contributed by atoms with E-state index in [1.807, 2.05) is 37.0 Å². The maximum atomic E-state index is 12.6. The second-order valence-electron chi connectivity index (χ2n) is 5.84. The first-order chi connectivity index (χ1) is 11.2. The van der Waals surface area contributed by atoms with Gasteiger partial charge >= 0.3 is 0 Å². The average molecular weight is 330 g/mol. The minimum absolute atomic E-state index is 0.0116. The average Bonchev–Trinajstić information content (AvgIpc) is 2.61. The lowest BCUT2D eigenvalue weighted by molar-refractivity contribution is 0.0929. The molecule has 1 amide bonds. The molecule has 1 aromatic carbocycles. The number of carbonyl (C=O) groups excluding carboxylic acids is 1. The Bertz CT molecular complexity index is 706. The first kappa shape index (κ1) is 16.1. The third-order valence-electron chi connectivity index (χ3n) is 4.46. The maximum absolute atomic E-state index is 12.6. The number of nitrogens with zero attached hydrogens (tertiary/aromatic N) is 2. The zero-order chi connectivity index (χ0) is 16.2. The number of thioether (sulfide) groups is 1. The SMILES string of the molecule is CNc1ncnc2cc(C(=O)N[C@@H]3CCCC[C@H]3SC)ccc12. The van der Waals surface area contributed by atoms with Crippen LogP contribution in [0.4, 0.5) is 5.82 Å². The van der Waals surface area contributed by atoms with Gasteiger partial charge in [-0.3, -0.25) is 4.79 Å². The van der Waals surface area contributed by atoms with E-state index in [9.17, 15) is 4.79 Å². The second kappa shape index (κ2) is 7.17. The van der Waals surface area contributed by atoms with E-state index in [2.05, 4.69) is 26.9 Å². The number of anilines is 1. The molecule has 2 aromatic rings. The van der Waals surface area contributed by atoms with Gasteiger partial charge in [-0.15, -0.1) is 0 Å². The molecule has 6 heteroatoms. The molecule has 0 bridgehead atoms. The largest absolute Gasteiger partial charge is 0.373 e. The van der Waals surface area contributed by atoms with Crippen LogP contribution >= 0.6 is 11.8 Å². The van der Waals surface area contributed by atoms with Crippen LogP contribution in [-0.2, 0) is 0 Å². The standard InChI is InChI=1S/C17H22N4OS/c1-18-16-12-8-7-11(9-14(12)19-10-20-16)17(22)21-13-5-3-4-6-15(13)23-2/h7-10,13,15H,3-6H2,1-2H3,(H,21,22)(H,18,19,20)/t13-,15-/m1/s1. The molecule has 2 N–H and O–H groups in total. The van der Waals surface area contributed by atoms with Gasteiger partial charge in [-0.25, -0.2) is 9.97 Å². The van der Waals surface area contributed by atoms with Crippen LogP contribution in [-0.4, -0.2) is 40.5 Å². The van der Waals surface area contributed by atoms with Crippen LogP contribution in [0.5, 0.6) is 0 Å². The number of hydrogen-bond donors (Lipinski definition) is 2. The van der Waals surface area contributed by atoms with Gasteiger partial charge in [0.25, 0.3) is 5.91 Å². The van der Waals surface area contributed by atoms with Gasteiger partial charge in [0.2, 0.25) is 0 Å². The van der Waals surface area contributed by atoms with Gasteiger partial charge in [-0.2, -0.15) is 11.8 Å². The van der Waals surface area contributed by atoms with Crippen molar-refractivity contribution >= 4 is 34.4 Å². The van der Waals surface area contributed by atoms with Crippen LogP contribution in [0.1, 0.15) is 36.0 Å². The Hall–Kier alpha value is -1.82. The van der Waals surface area contributed by atoms with Crippen molar-refractivity contribution in [2.45, 2.75) is 37.0 Å². The van der Waals surface area contributed by atoms with E-state index in [4.69, 9.17) is 0 Å². The number of benzene rings is 1. The summed E-state index contributed by atoms with van der Waals surface area (Å²) in [5, 5.41) is 7.70. The molecule has 0 unspecified atom stereocenters. The van der Waals surface area contributed by atoms with E-state index in [-0.39, 0.29) is 11.9 Å². The lowest BCUT2D eigenvalue weighted by atomic mass is 9.94. The fourth-order valence-electron chi connectivity index (χ4n) is 3.19. The van der Waals surface area contributed by atoms with Gasteiger partial charge in [0.15, 0.2) is 0 Å². The van der Waals surface area contributed by atoms with E-state index in [1.165, 1.54) is 25.6 Å². The molecular formula is C17H22N4OS. The normalized spacial score (nSPS) is 21.1. The third kappa shape index (κ3) is 3.42. The monoisotopic (exact) mass is 330 g/mol. The number of hydrogen-bond acceptors (Lipinski definition) is 5. The molecule has 1 aliphatic carbocycles. The third-order valence-corrected chi connectivity index (χ3v) is 5.63. The lowest BCUT2D eigenvalue weighted by Gasteiger charge is -2.30. The molecule has 0 saturated heterocycles. The molecule has 0 radical (unpaired) electrons.